The van der Waals surface area contributed by atoms with Gasteiger partial charge in [0, 0.05) is 23.3 Å². The van der Waals surface area contributed by atoms with Gasteiger partial charge in [0.15, 0.2) is 0 Å². The molecule has 104 valence electrons. The topological polar surface area (TPSA) is 20.3 Å². The molecule has 1 unspecified atom stereocenters. The predicted octanol–water partition coefficient (Wildman–Crippen LogP) is 4.12. The Labute approximate surface area is 120 Å². The summed E-state index contributed by atoms with van der Waals surface area (Å²) < 4.78 is 0. The molecule has 1 amide bonds. The molecule has 2 rings (SSSR count). The SMILES string of the molecule is CC1(C(=O)N2CCCCCC2CBr)CCCCC1. The summed E-state index contributed by atoms with van der Waals surface area (Å²) >= 11 is 3.60. The van der Waals surface area contributed by atoms with E-state index in [1.165, 1.54) is 44.9 Å². The number of nitrogens with zero attached hydrogens (tertiary/aromatic N) is 1. The molecule has 0 aromatic heterocycles. The van der Waals surface area contributed by atoms with Crippen molar-refractivity contribution in [3.05, 3.63) is 0 Å². The van der Waals surface area contributed by atoms with Gasteiger partial charge in [-0.05, 0) is 25.7 Å². The summed E-state index contributed by atoms with van der Waals surface area (Å²) in [5.74, 6) is 0.438. The first-order valence-corrected chi connectivity index (χ1v) is 8.66. The Morgan fingerprint density at radius 1 is 1.17 bits per heavy atom. The van der Waals surface area contributed by atoms with E-state index in [1.54, 1.807) is 0 Å². The number of carbonyl (C=O) groups excluding carboxylic acids is 1. The maximum atomic E-state index is 12.9. The first kappa shape index (κ1) is 14.4. The molecule has 2 fully saturated rings. The highest BCUT2D eigenvalue weighted by molar-refractivity contribution is 9.09. The highest BCUT2D eigenvalue weighted by atomic mass is 79.9. The molecule has 1 aliphatic heterocycles. The summed E-state index contributed by atoms with van der Waals surface area (Å²) in [5.41, 5.74) is -0.0665. The van der Waals surface area contributed by atoms with E-state index in [9.17, 15) is 4.79 Å². The van der Waals surface area contributed by atoms with E-state index < -0.39 is 0 Å². The monoisotopic (exact) mass is 315 g/mol. The third-order valence-electron chi connectivity index (χ3n) is 4.79. The Hall–Kier alpha value is -0.0500. The van der Waals surface area contributed by atoms with Gasteiger partial charge in [-0.2, -0.15) is 0 Å². The van der Waals surface area contributed by atoms with E-state index in [0.29, 0.717) is 11.9 Å². The molecule has 18 heavy (non-hydrogen) atoms. The zero-order valence-corrected chi connectivity index (χ0v) is 13.2. The minimum Gasteiger partial charge on any atom is -0.338 e. The Morgan fingerprint density at radius 3 is 2.50 bits per heavy atom. The number of hydrogen-bond donors (Lipinski definition) is 0. The summed E-state index contributed by atoms with van der Waals surface area (Å²) in [6.45, 7) is 3.18. The molecule has 2 aliphatic rings. The Morgan fingerprint density at radius 2 is 1.83 bits per heavy atom. The molecule has 1 atom stereocenters. The van der Waals surface area contributed by atoms with Crippen molar-refractivity contribution in [3.63, 3.8) is 0 Å². The fourth-order valence-electron chi connectivity index (χ4n) is 3.50. The smallest absolute Gasteiger partial charge is 0.228 e. The van der Waals surface area contributed by atoms with Crippen molar-refractivity contribution in [1.29, 1.82) is 0 Å². The molecule has 0 aromatic rings. The summed E-state index contributed by atoms with van der Waals surface area (Å²) in [4.78, 5) is 15.1. The zero-order chi connectivity index (χ0) is 13.0. The lowest BCUT2D eigenvalue weighted by atomic mass is 9.74. The molecule has 0 radical (unpaired) electrons. The van der Waals surface area contributed by atoms with E-state index in [4.69, 9.17) is 0 Å². The number of alkyl halides is 1. The van der Waals surface area contributed by atoms with Crippen LogP contribution in [-0.4, -0.2) is 28.7 Å². The summed E-state index contributed by atoms with van der Waals surface area (Å²) in [6.07, 6.45) is 10.9. The number of halogens is 1. The van der Waals surface area contributed by atoms with Gasteiger partial charge in [-0.15, -0.1) is 0 Å². The van der Waals surface area contributed by atoms with Gasteiger partial charge in [0.1, 0.15) is 0 Å². The highest BCUT2D eigenvalue weighted by Crippen LogP contribution is 2.38. The molecule has 3 heteroatoms. The first-order chi connectivity index (χ1) is 8.67. The van der Waals surface area contributed by atoms with Crippen LogP contribution in [-0.2, 0) is 4.79 Å². The van der Waals surface area contributed by atoms with Crippen molar-refractivity contribution >= 4 is 21.8 Å². The van der Waals surface area contributed by atoms with Gasteiger partial charge in [0.2, 0.25) is 5.91 Å². The minimum absolute atomic E-state index is 0.0665. The standard InChI is InChI=1S/C15H26BrNO/c1-15(9-5-3-6-10-15)14(18)17-11-7-2-4-8-13(17)12-16/h13H,2-12H2,1H3. The molecule has 2 nitrogen and oxygen atoms in total. The largest absolute Gasteiger partial charge is 0.338 e. The Balaban J connectivity index is 2.09. The van der Waals surface area contributed by atoms with Gasteiger partial charge < -0.3 is 4.90 Å². The quantitative estimate of drug-likeness (QED) is 0.702. The predicted molar refractivity (Wildman–Crippen MR) is 79.0 cm³/mol. The summed E-state index contributed by atoms with van der Waals surface area (Å²) in [7, 11) is 0. The van der Waals surface area contributed by atoms with Crippen LogP contribution < -0.4 is 0 Å². The molecule has 1 heterocycles. The average molecular weight is 316 g/mol. The number of hydrogen-bond acceptors (Lipinski definition) is 1. The van der Waals surface area contributed by atoms with Gasteiger partial charge in [-0.1, -0.05) is 55.0 Å². The number of rotatable bonds is 2. The van der Waals surface area contributed by atoms with Crippen LogP contribution in [0.5, 0.6) is 0 Å². The van der Waals surface area contributed by atoms with Crippen LogP contribution in [0, 0.1) is 5.41 Å². The van der Waals surface area contributed by atoms with Gasteiger partial charge >= 0.3 is 0 Å². The molecule has 0 N–H and O–H groups in total. The average Bonchev–Trinajstić information content (AvgIpc) is 2.63. The molecule has 0 bridgehead atoms. The van der Waals surface area contributed by atoms with Crippen LogP contribution in [0.2, 0.25) is 0 Å². The van der Waals surface area contributed by atoms with Gasteiger partial charge in [-0.3, -0.25) is 4.79 Å². The van der Waals surface area contributed by atoms with Crippen LogP contribution in [0.15, 0.2) is 0 Å². The van der Waals surface area contributed by atoms with Crippen molar-refractivity contribution < 1.29 is 4.79 Å². The number of amides is 1. The summed E-state index contributed by atoms with van der Waals surface area (Å²) in [5, 5.41) is 0.939. The van der Waals surface area contributed by atoms with Crippen molar-refractivity contribution in [2.45, 2.75) is 70.8 Å². The van der Waals surface area contributed by atoms with Crippen LogP contribution in [0.25, 0.3) is 0 Å². The van der Waals surface area contributed by atoms with Crippen molar-refractivity contribution in [2.75, 3.05) is 11.9 Å². The number of likely N-dealkylation sites (tertiary alicyclic amines) is 1. The molecular formula is C15H26BrNO. The third-order valence-corrected chi connectivity index (χ3v) is 5.54. The van der Waals surface area contributed by atoms with E-state index in [2.05, 4.69) is 27.8 Å². The second-order valence-electron chi connectivity index (χ2n) is 6.28. The van der Waals surface area contributed by atoms with Crippen molar-refractivity contribution in [1.82, 2.24) is 4.90 Å². The van der Waals surface area contributed by atoms with E-state index >= 15 is 0 Å². The van der Waals surface area contributed by atoms with Crippen LogP contribution in [0.4, 0.5) is 0 Å². The van der Waals surface area contributed by atoms with E-state index in [1.807, 2.05) is 0 Å². The molecule has 1 aliphatic carbocycles. The Kier molecular flexibility index (Phi) is 5.11. The molecule has 0 spiro atoms. The third kappa shape index (κ3) is 3.09. The Bertz CT molecular complexity index is 286. The maximum Gasteiger partial charge on any atom is 0.228 e. The molecule has 1 saturated heterocycles. The second-order valence-corrected chi connectivity index (χ2v) is 6.92. The molecular weight excluding hydrogens is 290 g/mol. The fraction of sp³-hybridized carbons (Fsp3) is 0.933. The van der Waals surface area contributed by atoms with Crippen LogP contribution in [0.1, 0.15) is 64.7 Å². The van der Waals surface area contributed by atoms with Crippen LogP contribution in [0.3, 0.4) is 0 Å². The lowest BCUT2D eigenvalue weighted by Gasteiger charge is -2.39. The maximum absolute atomic E-state index is 12.9. The van der Waals surface area contributed by atoms with Crippen molar-refractivity contribution in [3.8, 4) is 0 Å². The lowest BCUT2D eigenvalue weighted by molar-refractivity contribution is -0.145. The fourth-order valence-corrected chi connectivity index (χ4v) is 4.17. The van der Waals surface area contributed by atoms with E-state index in [-0.39, 0.29) is 5.41 Å². The second kappa shape index (κ2) is 6.40. The first-order valence-electron chi connectivity index (χ1n) is 7.54. The molecule has 1 saturated carbocycles. The highest BCUT2D eigenvalue weighted by Gasteiger charge is 2.39. The van der Waals surface area contributed by atoms with E-state index in [0.717, 1.165) is 24.7 Å². The van der Waals surface area contributed by atoms with Crippen molar-refractivity contribution in [2.24, 2.45) is 5.41 Å². The van der Waals surface area contributed by atoms with Gasteiger partial charge in [0.05, 0.1) is 0 Å². The number of carbonyl (C=O) groups is 1. The summed E-state index contributed by atoms with van der Waals surface area (Å²) in [6, 6.07) is 0.429. The minimum atomic E-state index is -0.0665. The zero-order valence-electron chi connectivity index (χ0n) is 11.6. The van der Waals surface area contributed by atoms with Crippen LogP contribution >= 0.6 is 15.9 Å². The normalized spacial score (nSPS) is 28.8. The van der Waals surface area contributed by atoms with Gasteiger partial charge in [-0.25, -0.2) is 0 Å². The lowest BCUT2D eigenvalue weighted by Crippen LogP contribution is -2.48. The molecule has 0 aromatic carbocycles. The van der Waals surface area contributed by atoms with Gasteiger partial charge in [0.25, 0.3) is 0 Å².